The molecule has 0 amide bonds. The standard InChI is InChI=1S/C19H20O2/c20-19-7-3-5-13-8-9-16(11-18(13)19)21-12-15-10-14-4-1-2-6-17(14)15/h1-2,4,6,8-9,11,15,19-20H,3,5,7,10,12H2/t15?,19-/m0/s1. The Morgan fingerprint density at radius 1 is 1.05 bits per heavy atom. The van der Waals surface area contributed by atoms with E-state index < -0.39 is 0 Å². The molecule has 2 aliphatic rings. The molecule has 2 nitrogen and oxygen atoms in total. The molecule has 0 saturated carbocycles. The Hall–Kier alpha value is -1.80. The lowest BCUT2D eigenvalue weighted by atomic mass is 9.78. The second-order valence-electron chi connectivity index (χ2n) is 6.18. The number of aryl methyl sites for hydroxylation is 1. The van der Waals surface area contributed by atoms with Crippen LogP contribution in [0.4, 0.5) is 0 Å². The van der Waals surface area contributed by atoms with E-state index in [9.17, 15) is 5.11 Å². The molecule has 0 bridgehead atoms. The Labute approximate surface area is 125 Å². The van der Waals surface area contributed by atoms with Crippen LogP contribution >= 0.6 is 0 Å². The van der Waals surface area contributed by atoms with Crippen LogP contribution in [0.2, 0.25) is 0 Å². The molecule has 0 fully saturated rings. The third-order valence-corrected chi connectivity index (χ3v) is 4.81. The van der Waals surface area contributed by atoms with Crippen molar-refractivity contribution in [2.24, 2.45) is 0 Å². The molecule has 1 N–H and O–H groups in total. The van der Waals surface area contributed by atoms with Crippen LogP contribution < -0.4 is 4.74 Å². The zero-order valence-corrected chi connectivity index (χ0v) is 12.1. The van der Waals surface area contributed by atoms with Crippen LogP contribution in [-0.4, -0.2) is 11.7 Å². The van der Waals surface area contributed by atoms with Gasteiger partial charge in [-0.25, -0.2) is 0 Å². The van der Waals surface area contributed by atoms with E-state index >= 15 is 0 Å². The first-order valence-corrected chi connectivity index (χ1v) is 7.83. The predicted molar refractivity (Wildman–Crippen MR) is 82.7 cm³/mol. The Kier molecular flexibility index (Phi) is 3.19. The van der Waals surface area contributed by atoms with Crippen molar-refractivity contribution in [1.82, 2.24) is 0 Å². The molecule has 0 heterocycles. The molecule has 2 heteroatoms. The van der Waals surface area contributed by atoms with Crippen LogP contribution in [-0.2, 0) is 12.8 Å². The van der Waals surface area contributed by atoms with E-state index in [1.54, 1.807) is 0 Å². The van der Waals surface area contributed by atoms with Crippen LogP contribution in [0, 0.1) is 0 Å². The van der Waals surface area contributed by atoms with Gasteiger partial charge in [0.15, 0.2) is 0 Å². The van der Waals surface area contributed by atoms with E-state index in [0.717, 1.165) is 43.6 Å². The summed E-state index contributed by atoms with van der Waals surface area (Å²) in [5.74, 6) is 1.40. The molecule has 0 saturated heterocycles. The average Bonchev–Trinajstić information content (AvgIpc) is 2.49. The average molecular weight is 280 g/mol. The molecule has 0 radical (unpaired) electrons. The smallest absolute Gasteiger partial charge is 0.119 e. The van der Waals surface area contributed by atoms with Crippen molar-refractivity contribution in [3.63, 3.8) is 0 Å². The fourth-order valence-electron chi connectivity index (χ4n) is 3.55. The molecule has 1 unspecified atom stereocenters. The highest BCUT2D eigenvalue weighted by atomic mass is 16.5. The van der Waals surface area contributed by atoms with Gasteiger partial charge in [-0.1, -0.05) is 30.3 Å². The monoisotopic (exact) mass is 280 g/mol. The summed E-state index contributed by atoms with van der Waals surface area (Å²) < 4.78 is 5.97. The van der Waals surface area contributed by atoms with Crippen LogP contribution in [0.5, 0.6) is 5.75 Å². The molecule has 4 rings (SSSR count). The van der Waals surface area contributed by atoms with Gasteiger partial charge in [0.1, 0.15) is 5.75 Å². The number of hydrogen-bond donors (Lipinski definition) is 1. The number of ether oxygens (including phenoxy) is 1. The van der Waals surface area contributed by atoms with Crippen molar-refractivity contribution in [2.75, 3.05) is 6.61 Å². The summed E-state index contributed by atoms with van der Waals surface area (Å²) in [4.78, 5) is 0. The second kappa shape index (κ2) is 5.19. The topological polar surface area (TPSA) is 29.5 Å². The maximum Gasteiger partial charge on any atom is 0.119 e. The number of aliphatic hydroxyl groups excluding tert-OH is 1. The quantitative estimate of drug-likeness (QED) is 0.927. The van der Waals surface area contributed by atoms with Gasteiger partial charge in [0, 0.05) is 5.92 Å². The Morgan fingerprint density at radius 2 is 1.95 bits per heavy atom. The van der Waals surface area contributed by atoms with E-state index in [2.05, 4.69) is 30.3 Å². The highest BCUT2D eigenvalue weighted by molar-refractivity contribution is 5.41. The van der Waals surface area contributed by atoms with Gasteiger partial charge in [-0.2, -0.15) is 0 Å². The van der Waals surface area contributed by atoms with Crippen molar-refractivity contribution in [1.29, 1.82) is 0 Å². The minimum atomic E-state index is -0.318. The molecule has 108 valence electrons. The van der Waals surface area contributed by atoms with Gasteiger partial charge in [0.25, 0.3) is 0 Å². The van der Waals surface area contributed by atoms with Crippen molar-refractivity contribution < 1.29 is 9.84 Å². The van der Waals surface area contributed by atoms with Gasteiger partial charge >= 0.3 is 0 Å². The van der Waals surface area contributed by atoms with Crippen molar-refractivity contribution in [3.8, 4) is 5.75 Å². The van der Waals surface area contributed by atoms with Gasteiger partial charge in [-0.05, 0) is 60.1 Å². The summed E-state index contributed by atoms with van der Waals surface area (Å²) in [7, 11) is 0. The van der Waals surface area contributed by atoms with E-state index in [-0.39, 0.29) is 6.10 Å². The van der Waals surface area contributed by atoms with Crippen LogP contribution in [0.25, 0.3) is 0 Å². The SMILES string of the molecule is O[C@H]1CCCc2ccc(OCC3Cc4ccccc43)cc21. The van der Waals surface area contributed by atoms with Crippen LogP contribution in [0.15, 0.2) is 42.5 Å². The minimum Gasteiger partial charge on any atom is -0.493 e. The summed E-state index contributed by atoms with van der Waals surface area (Å²) in [5.41, 5.74) is 5.21. The zero-order chi connectivity index (χ0) is 14.2. The van der Waals surface area contributed by atoms with Gasteiger partial charge in [-0.15, -0.1) is 0 Å². The largest absolute Gasteiger partial charge is 0.493 e. The fourth-order valence-corrected chi connectivity index (χ4v) is 3.55. The summed E-state index contributed by atoms with van der Waals surface area (Å²) in [6, 6.07) is 14.8. The molecule has 2 aromatic rings. The molecular formula is C19H20O2. The van der Waals surface area contributed by atoms with Gasteiger partial charge < -0.3 is 9.84 Å². The summed E-state index contributed by atoms with van der Waals surface area (Å²) in [6.07, 6.45) is 3.81. The Morgan fingerprint density at radius 3 is 2.86 bits per heavy atom. The molecule has 0 aliphatic heterocycles. The van der Waals surface area contributed by atoms with E-state index in [1.807, 2.05) is 12.1 Å². The van der Waals surface area contributed by atoms with Gasteiger partial charge in [-0.3, -0.25) is 0 Å². The van der Waals surface area contributed by atoms with Crippen molar-refractivity contribution in [2.45, 2.75) is 37.7 Å². The maximum absolute atomic E-state index is 10.1. The lowest BCUT2D eigenvalue weighted by Gasteiger charge is -2.30. The van der Waals surface area contributed by atoms with Crippen LogP contribution in [0.3, 0.4) is 0 Å². The molecule has 2 atom stereocenters. The Balaban J connectivity index is 1.46. The van der Waals surface area contributed by atoms with Gasteiger partial charge in [0.05, 0.1) is 12.7 Å². The van der Waals surface area contributed by atoms with E-state index in [4.69, 9.17) is 4.74 Å². The lowest BCUT2D eigenvalue weighted by Crippen LogP contribution is -2.23. The molecule has 0 aromatic heterocycles. The van der Waals surface area contributed by atoms with E-state index in [1.165, 1.54) is 16.7 Å². The second-order valence-corrected chi connectivity index (χ2v) is 6.18. The van der Waals surface area contributed by atoms with Crippen molar-refractivity contribution in [3.05, 3.63) is 64.7 Å². The third kappa shape index (κ3) is 2.34. The van der Waals surface area contributed by atoms with Crippen molar-refractivity contribution >= 4 is 0 Å². The number of hydrogen-bond acceptors (Lipinski definition) is 2. The minimum absolute atomic E-state index is 0.318. The number of benzene rings is 2. The first-order valence-electron chi connectivity index (χ1n) is 7.83. The fraction of sp³-hybridized carbons (Fsp3) is 0.368. The van der Waals surface area contributed by atoms with Crippen LogP contribution in [0.1, 0.15) is 47.1 Å². The highest BCUT2D eigenvalue weighted by Gasteiger charge is 2.26. The molecular weight excluding hydrogens is 260 g/mol. The number of aliphatic hydroxyl groups is 1. The lowest BCUT2D eigenvalue weighted by molar-refractivity contribution is 0.156. The molecule has 2 aromatic carbocycles. The highest BCUT2D eigenvalue weighted by Crippen LogP contribution is 2.36. The predicted octanol–water partition coefficient (Wildman–Crippen LogP) is 3.78. The summed E-state index contributed by atoms with van der Waals surface area (Å²) >= 11 is 0. The normalized spacial score (nSPS) is 22.9. The third-order valence-electron chi connectivity index (χ3n) is 4.81. The first-order chi connectivity index (χ1) is 10.3. The first kappa shape index (κ1) is 12.9. The summed E-state index contributed by atoms with van der Waals surface area (Å²) in [5, 5.41) is 10.1. The Bertz CT molecular complexity index is 662. The zero-order valence-electron chi connectivity index (χ0n) is 12.1. The number of fused-ring (bicyclic) bond motifs is 2. The van der Waals surface area contributed by atoms with Gasteiger partial charge in [0.2, 0.25) is 0 Å². The summed E-state index contributed by atoms with van der Waals surface area (Å²) in [6.45, 7) is 0.728. The molecule has 2 aliphatic carbocycles. The molecule has 0 spiro atoms. The molecule has 21 heavy (non-hydrogen) atoms. The van der Waals surface area contributed by atoms with E-state index in [0.29, 0.717) is 5.92 Å². The maximum atomic E-state index is 10.1. The number of rotatable bonds is 3.